The number of likely N-dealkylation sites (tertiary alicyclic amines) is 1. The van der Waals surface area contributed by atoms with Crippen molar-refractivity contribution in [2.24, 2.45) is 0 Å². The first-order valence-electron chi connectivity index (χ1n) is 9.06. The molecule has 1 saturated heterocycles. The molecule has 5 rings (SSSR count). The lowest BCUT2D eigenvalue weighted by atomic mass is 10.1. The van der Waals surface area contributed by atoms with E-state index in [1.54, 1.807) is 0 Å². The monoisotopic (exact) mass is 345 g/mol. The van der Waals surface area contributed by atoms with E-state index >= 15 is 0 Å². The van der Waals surface area contributed by atoms with Gasteiger partial charge >= 0.3 is 0 Å². The van der Waals surface area contributed by atoms with Crippen molar-refractivity contribution in [3.8, 4) is 11.5 Å². The van der Waals surface area contributed by atoms with Gasteiger partial charge in [0.2, 0.25) is 5.91 Å². The normalized spacial score (nSPS) is 22.0. The highest BCUT2D eigenvalue weighted by molar-refractivity contribution is 5.80. The van der Waals surface area contributed by atoms with Gasteiger partial charge in [0.15, 0.2) is 5.82 Å². The number of amides is 1. The van der Waals surface area contributed by atoms with Gasteiger partial charge in [-0.15, -0.1) is 0 Å². The van der Waals surface area contributed by atoms with Crippen LogP contribution in [0.25, 0.3) is 11.5 Å². The molecule has 0 spiro atoms. The van der Waals surface area contributed by atoms with Crippen LogP contribution in [0.15, 0.2) is 59.1 Å². The second-order valence-corrected chi connectivity index (χ2v) is 7.02. The Morgan fingerprint density at radius 3 is 2.73 bits per heavy atom. The molecule has 0 radical (unpaired) electrons. The fraction of sp³-hybridized carbons (Fsp3) is 0.286. The second-order valence-electron chi connectivity index (χ2n) is 7.02. The first kappa shape index (κ1) is 15.3. The van der Waals surface area contributed by atoms with Crippen LogP contribution in [0.3, 0.4) is 0 Å². The van der Waals surface area contributed by atoms with E-state index in [-0.39, 0.29) is 17.9 Å². The number of aryl methyl sites for hydroxylation is 1. The molecule has 130 valence electrons. The van der Waals surface area contributed by atoms with E-state index in [2.05, 4.69) is 34.4 Å². The fourth-order valence-electron chi connectivity index (χ4n) is 4.16. The van der Waals surface area contributed by atoms with E-state index < -0.39 is 0 Å². The molecule has 0 N–H and O–H groups in total. The highest BCUT2D eigenvalue weighted by Gasteiger charge is 2.39. The lowest BCUT2D eigenvalue weighted by Gasteiger charge is -2.25. The molecule has 5 heteroatoms. The van der Waals surface area contributed by atoms with Crippen LogP contribution in [-0.4, -0.2) is 27.5 Å². The molecule has 0 saturated carbocycles. The van der Waals surface area contributed by atoms with Gasteiger partial charge in [-0.1, -0.05) is 47.6 Å². The lowest BCUT2D eigenvalue weighted by Crippen LogP contribution is -2.28. The van der Waals surface area contributed by atoms with Crippen molar-refractivity contribution in [3.63, 3.8) is 0 Å². The summed E-state index contributed by atoms with van der Waals surface area (Å²) in [5, 5.41) is 4.15. The summed E-state index contributed by atoms with van der Waals surface area (Å²) in [5.41, 5.74) is 3.55. The first-order valence-corrected chi connectivity index (χ1v) is 9.06. The molecule has 0 unspecified atom stereocenters. The molecule has 2 aromatic carbocycles. The van der Waals surface area contributed by atoms with Crippen molar-refractivity contribution in [1.82, 2.24) is 15.0 Å². The predicted molar refractivity (Wildman–Crippen MR) is 96.3 cm³/mol. The minimum atomic E-state index is -0.00326. The number of carbonyl (C=O) groups excluding carboxylic acids is 1. The lowest BCUT2D eigenvalue weighted by molar-refractivity contribution is -0.129. The molecule has 1 aliphatic carbocycles. The molecule has 2 heterocycles. The van der Waals surface area contributed by atoms with Crippen molar-refractivity contribution < 1.29 is 9.32 Å². The summed E-state index contributed by atoms with van der Waals surface area (Å²) < 4.78 is 5.42. The van der Waals surface area contributed by atoms with Crippen molar-refractivity contribution in [2.45, 2.75) is 31.2 Å². The summed E-state index contributed by atoms with van der Waals surface area (Å²) in [7, 11) is 0. The number of hydrogen-bond acceptors (Lipinski definition) is 4. The fourth-order valence-corrected chi connectivity index (χ4v) is 4.16. The molecule has 1 amide bonds. The van der Waals surface area contributed by atoms with E-state index in [0.717, 1.165) is 18.4 Å². The Balaban J connectivity index is 1.37. The average Bonchev–Trinajstić information content (AvgIpc) is 3.40. The standard InChI is InChI=1S/C21H19N3O2/c25-19-12-16(20-22-21(26-23-20)15-7-2-1-3-8-15)13-24(19)18-11-10-14-6-4-5-9-17(14)18/h1-9,16,18H,10-13H2/t16-,18+/m1/s1. The maximum atomic E-state index is 12.7. The van der Waals surface area contributed by atoms with Gasteiger partial charge in [0.05, 0.1) is 6.04 Å². The maximum Gasteiger partial charge on any atom is 0.257 e. The zero-order chi connectivity index (χ0) is 17.5. The van der Waals surface area contributed by atoms with E-state index in [4.69, 9.17) is 4.52 Å². The summed E-state index contributed by atoms with van der Waals surface area (Å²) >= 11 is 0. The molecular formula is C21H19N3O2. The van der Waals surface area contributed by atoms with Crippen LogP contribution < -0.4 is 0 Å². The van der Waals surface area contributed by atoms with Crippen LogP contribution in [-0.2, 0) is 11.2 Å². The average molecular weight is 345 g/mol. The molecule has 3 aromatic rings. The highest BCUT2D eigenvalue weighted by Crippen LogP contribution is 2.40. The van der Waals surface area contributed by atoms with Crippen LogP contribution in [0, 0.1) is 0 Å². The molecule has 1 aliphatic heterocycles. The predicted octanol–water partition coefficient (Wildman–Crippen LogP) is 3.74. The SMILES string of the molecule is O=C1C[C@@H](c2noc(-c3ccccc3)n2)CN1[C@H]1CCc2ccccc21. The van der Waals surface area contributed by atoms with Gasteiger partial charge in [-0.25, -0.2) is 0 Å². The third kappa shape index (κ3) is 2.51. The molecule has 0 bridgehead atoms. The van der Waals surface area contributed by atoms with Gasteiger partial charge in [0.25, 0.3) is 5.89 Å². The summed E-state index contributed by atoms with van der Waals surface area (Å²) in [6.45, 7) is 0.658. The molecular weight excluding hydrogens is 326 g/mol. The number of nitrogens with zero attached hydrogens (tertiary/aromatic N) is 3. The van der Waals surface area contributed by atoms with E-state index in [0.29, 0.717) is 24.7 Å². The molecule has 1 fully saturated rings. The van der Waals surface area contributed by atoms with Crippen molar-refractivity contribution >= 4 is 5.91 Å². The van der Waals surface area contributed by atoms with Crippen LogP contribution in [0.5, 0.6) is 0 Å². The van der Waals surface area contributed by atoms with E-state index in [1.165, 1.54) is 11.1 Å². The molecule has 1 aromatic heterocycles. The van der Waals surface area contributed by atoms with Crippen molar-refractivity contribution in [3.05, 3.63) is 71.5 Å². The van der Waals surface area contributed by atoms with Crippen LogP contribution in [0.2, 0.25) is 0 Å². The first-order chi connectivity index (χ1) is 12.8. The summed E-state index contributed by atoms with van der Waals surface area (Å²) in [6.07, 6.45) is 2.49. The van der Waals surface area contributed by atoms with Gasteiger partial charge in [-0.05, 0) is 36.1 Å². The Labute approximate surface area is 151 Å². The number of rotatable bonds is 3. The minimum Gasteiger partial charge on any atom is -0.335 e. The number of fused-ring (bicyclic) bond motifs is 1. The number of aromatic nitrogens is 2. The summed E-state index contributed by atoms with van der Waals surface area (Å²) in [4.78, 5) is 19.2. The van der Waals surface area contributed by atoms with Crippen molar-refractivity contribution in [1.29, 1.82) is 0 Å². The van der Waals surface area contributed by atoms with Gasteiger partial charge in [0, 0.05) is 24.4 Å². The van der Waals surface area contributed by atoms with Gasteiger partial charge in [-0.2, -0.15) is 4.98 Å². The third-order valence-electron chi connectivity index (χ3n) is 5.46. The third-order valence-corrected chi connectivity index (χ3v) is 5.46. The molecule has 2 aliphatic rings. The maximum absolute atomic E-state index is 12.7. The van der Waals surface area contributed by atoms with E-state index in [1.807, 2.05) is 35.2 Å². The Kier molecular flexibility index (Phi) is 3.59. The highest BCUT2D eigenvalue weighted by atomic mass is 16.5. The Hall–Kier alpha value is -2.95. The van der Waals surface area contributed by atoms with E-state index in [9.17, 15) is 4.79 Å². The zero-order valence-corrected chi connectivity index (χ0v) is 14.3. The number of hydrogen-bond donors (Lipinski definition) is 0. The topological polar surface area (TPSA) is 59.2 Å². The Bertz CT molecular complexity index is 951. The summed E-state index contributed by atoms with van der Waals surface area (Å²) in [6, 6.07) is 18.3. The largest absolute Gasteiger partial charge is 0.335 e. The number of benzene rings is 2. The minimum absolute atomic E-state index is 0.00326. The molecule has 26 heavy (non-hydrogen) atoms. The zero-order valence-electron chi connectivity index (χ0n) is 14.3. The summed E-state index contributed by atoms with van der Waals surface area (Å²) in [5.74, 6) is 1.32. The number of carbonyl (C=O) groups is 1. The van der Waals surface area contributed by atoms with Crippen molar-refractivity contribution in [2.75, 3.05) is 6.54 Å². The van der Waals surface area contributed by atoms with Crippen LogP contribution >= 0.6 is 0 Å². The Morgan fingerprint density at radius 2 is 1.85 bits per heavy atom. The van der Waals surface area contributed by atoms with Gasteiger partial charge in [-0.3, -0.25) is 4.79 Å². The quantitative estimate of drug-likeness (QED) is 0.725. The Morgan fingerprint density at radius 1 is 1.04 bits per heavy atom. The second kappa shape index (κ2) is 6.09. The molecule has 2 atom stereocenters. The molecule has 5 nitrogen and oxygen atoms in total. The van der Waals surface area contributed by atoms with Gasteiger partial charge < -0.3 is 9.42 Å². The van der Waals surface area contributed by atoms with Crippen LogP contribution in [0.1, 0.15) is 41.8 Å². The van der Waals surface area contributed by atoms with Crippen LogP contribution in [0.4, 0.5) is 0 Å². The van der Waals surface area contributed by atoms with Gasteiger partial charge in [0.1, 0.15) is 0 Å². The smallest absolute Gasteiger partial charge is 0.257 e.